The van der Waals surface area contributed by atoms with Crippen LogP contribution in [-0.4, -0.2) is 28.0 Å². The molecular formula is C16H21N5O2. The van der Waals surface area contributed by atoms with Gasteiger partial charge in [-0.3, -0.25) is 10.1 Å². The molecule has 0 aliphatic heterocycles. The highest BCUT2D eigenvalue weighted by Gasteiger charge is 2.15. The standard InChI is InChI=1S/C16H21N5O2/c17-8-3-1-2-4-9-18-14-7-6-13(12-15(14)21(22)23)16-19-10-5-11-20-16/h5-7,10-12,18H,1-4,8-9,17H2. The van der Waals surface area contributed by atoms with E-state index in [4.69, 9.17) is 5.73 Å². The molecule has 2 aromatic rings. The highest BCUT2D eigenvalue weighted by atomic mass is 16.6. The van der Waals surface area contributed by atoms with Gasteiger partial charge in [0.25, 0.3) is 5.69 Å². The van der Waals surface area contributed by atoms with E-state index in [1.54, 1.807) is 30.6 Å². The van der Waals surface area contributed by atoms with Crippen LogP contribution in [0.15, 0.2) is 36.7 Å². The number of anilines is 1. The number of unbranched alkanes of at least 4 members (excludes halogenated alkanes) is 3. The lowest BCUT2D eigenvalue weighted by atomic mass is 10.1. The van der Waals surface area contributed by atoms with Crippen LogP contribution in [-0.2, 0) is 0 Å². The van der Waals surface area contributed by atoms with Gasteiger partial charge in [0, 0.05) is 30.6 Å². The molecule has 0 bridgehead atoms. The molecule has 7 heteroatoms. The molecule has 0 unspecified atom stereocenters. The Labute approximate surface area is 135 Å². The molecule has 3 N–H and O–H groups in total. The Morgan fingerprint density at radius 3 is 2.57 bits per heavy atom. The highest BCUT2D eigenvalue weighted by Crippen LogP contribution is 2.29. The summed E-state index contributed by atoms with van der Waals surface area (Å²) in [5, 5.41) is 14.4. The van der Waals surface area contributed by atoms with E-state index in [1.165, 1.54) is 6.07 Å². The van der Waals surface area contributed by atoms with Gasteiger partial charge in [-0.2, -0.15) is 0 Å². The second-order valence-corrected chi connectivity index (χ2v) is 5.19. The van der Waals surface area contributed by atoms with Gasteiger partial charge in [0.05, 0.1) is 4.92 Å². The zero-order valence-corrected chi connectivity index (χ0v) is 12.9. The molecule has 0 saturated carbocycles. The molecule has 0 aliphatic carbocycles. The third kappa shape index (κ3) is 5.00. The topological polar surface area (TPSA) is 107 Å². The number of rotatable bonds is 9. The van der Waals surface area contributed by atoms with Crippen LogP contribution in [0.3, 0.4) is 0 Å². The molecule has 0 spiro atoms. The van der Waals surface area contributed by atoms with Gasteiger partial charge in [0.15, 0.2) is 5.82 Å². The van der Waals surface area contributed by atoms with Crippen LogP contribution >= 0.6 is 0 Å². The van der Waals surface area contributed by atoms with Gasteiger partial charge < -0.3 is 11.1 Å². The number of nitrogens with zero attached hydrogens (tertiary/aromatic N) is 3. The molecule has 0 radical (unpaired) electrons. The third-order valence-corrected chi connectivity index (χ3v) is 3.46. The van der Waals surface area contributed by atoms with Crippen molar-refractivity contribution in [3.05, 3.63) is 46.8 Å². The molecule has 0 aliphatic rings. The number of aromatic nitrogens is 2. The summed E-state index contributed by atoms with van der Waals surface area (Å²) in [5.41, 5.74) is 6.64. The number of nitro groups is 1. The first-order chi connectivity index (χ1) is 11.2. The Morgan fingerprint density at radius 1 is 1.13 bits per heavy atom. The lowest BCUT2D eigenvalue weighted by Gasteiger charge is -2.08. The molecule has 1 aromatic heterocycles. The van der Waals surface area contributed by atoms with Gasteiger partial charge >= 0.3 is 0 Å². The third-order valence-electron chi connectivity index (χ3n) is 3.46. The Hall–Kier alpha value is -2.54. The predicted octanol–water partition coefficient (Wildman–Crippen LogP) is 2.98. The van der Waals surface area contributed by atoms with Crippen LogP contribution in [0.1, 0.15) is 25.7 Å². The first kappa shape index (κ1) is 16.8. The molecule has 1 heterocycles. The van der Waals surface area contributed by atoms with Gasteiger partial charge in [0.1, 0.15) is 5.69 Å². The molecule has 0 fully saturated rings. The monoisotopic (exact) mass is 315 g/mol. The Bertz CT molecular complexity index is 634. The summed E-state index contributed by atoms with van der Waals surface area (Å²) in [6.45, 7) is 1.41. The molecule has 7 nitrogen and oxygen atoms in total. The van der Waals surface area contributed by atoms with Crippen molar-refractivity contribution < 1.29 is 4.92 Å². The first-order valence-electron chi connectivity index (χ1n) is 7.72. The van der Waals surface area contributed by atoms with E-state index in [9.17, 15) is 10.1 Å². The fourth-order valence-corrected chi connectivity index (χ4v) is 2.27. The summed E-state index contributed by atoms with van der Waals surface area (Å²) in [6, 6.07) is 6.72. The largest absolute Gasteiger partial charge is 0.379 e. The van der Waals surface area contributed by atoms with Gasteiger partial charge in [-0.15, -0.1) is 0 Å². The molecule has 0 saturated heterocycles. The van der Waals surface area contributed by atoms with E-state index in [-0.39, 0.29) is 10.6 Å². The van der Waals surface area contributed by atoms with Crippen LogP contribution in [0.25, 0.3) is 11.4 Å². The zero-order valence-electron chi connectivity index (χ0n) is 12.9. The Balaban J connectivity index is 2.04. The Kier molecular flexibility index (Phi) is 6.43. The minimum Gasteiger partial charge on any atom is -0.379 e. The average Bonchev–Trinajstić information content (AvgIpc) is 2.58. The van der Waals surface area contributed by atoms with Crippen LogP contribution in [0.2, 0.25) is 0 Å². The van der Waals surface area contributed by atoms with Gasteiger partial charge in [-0.1, -0.05) is 12.8 Å². The molecule has 23 heavy (non-hydrogen) atoms. The van der Waals surface area contributed by atoms with Crippen molar-refractivity contribution in [2.75, 3.05) is 18.4 Å². The zero-order chi connectivity index (χ0) is 16.5. The van der Waals surface area contributed by atoms with Gasteiger partial charge in [0.2, 0.25) is 0 Å². The summed E-state index contributed by atoms with van der Waals surface area (Å²) in [4.78, 5) is 19.1. The van der Waals surface area contributed by atoms with Crippen LogP contribution in [0, 0.1) is 10.1 Å². The number of nitrogens with two attached hydrogens (primary N) is 1. The second-order valence-electron chi connectivity index (χ2n) is 5.19. The summed E-state index contributed by atoms with van der Waals surface area (Å²) in [6.07, 6.45) is 7.36. The quantitative estimate of drug-likeness (QED) is 0.418. The van der Waals surface area contributed by atoms with Crippen LogP contribution < -0.4 is 11.1 Å². The molecule has 122 valence electrons. The molecule has 0 atom stereocenters. The minimum atomic E-state index is -0.386. The lowest BCUT2D eigenvalue weighted by Crippen LogP contribution is -2.05. The van der Waals surface area contributed by atoms with Crippen molar-refractivity contribution >= 4 is 11.4 Å². The highest BCUT2D eigenvalue weighted by molar-refractivity contribution is 5.70. The summed E-state index contributed by atoms with van der Waals surface area (Å²) in [5.74, 6) is 0.476. The maximum absolute atomic E-state index is 11.3. The van der Waals surface area contributed by atoms with Gasteiger partial charge in [-0.05, 0) is 37.6 Å². The summed E-state index contributed by atoms with van der Waals surface area (Å²) < 4.78 is 0. The van der Waals surface area contributed by atoms with Gasteiger partial charge in [-0.25, -0.2) is 9.97 Å². The van der Waals surface area contributed by atoms with Crippen molar-refractivity contribution in [2.24, 2.45) is 5.73 Å². The maximum Gasteiger partial charge on any atom is 0.293 e. The summed E-state index contributed by atoms with van der Waals surface area (Å²) in [7, 11) is 0. The SMILES string of the molecule is NCCCCCCNc1ccc(-c2ncccn2)cc1[N+](=O)[O-]. The molecular weight excluding hydrogens is 294 g/mol. The lowest BCUT2D eigenvalue weighted by molar-refractivity contribution is -0.383. The number of hydrogen-bond acceptors (Lipinski definition) is 6. The van der Waals surface area contributed by atoms with E-state index in [0.717, 1.165) is 25.7 Å². The van der Waals surface area contributed by atoms with Crippen molar-refractivity contribution in [1.29, 1.82) is 0 Å². The van der Waals surface area contributed by atoms with Crippen molar-refractivity contribution in [1.82, 2.24) is 9.97 Å². The van der Waals surface area contributed by atoms with E-state index in [0.29, 0.717) is 30.2 Å². The number of nitro benzene ring substituents is 1. The van der Waals surface area contributed by atoms with E-state index in [2.05, 4.69) is 15.3 Å². The normalized spacial score (nSPS) is 10.5. The number of benzene rings is 1. The Morgan fingerprint density at radius 2 is 1.87 bits per heavy atom. The number of hydrogen-bond donors (Lipinski definition) is 2. The molecule has 1 aromatic carbocycles. The predicted molar refractivity (Wildman–Crippen MR) is 90.1 cm³/mol. The second kappa shape index (κ2) is 8.79. The molecule has 0 amide bonds. The fourth-order valence-electron chi connectivity index (χ4n) is 2.27. The van der Waals surface area contributed by atoms with Crippen molar-refractivity contribution in [3.8, 4) is 11.4 Å². The average molecular weight is 315 g/mol. The van der Waals surface area contributed by atoms with Crippen LogP contribution in [0.4, 0.5) is 11.4 Å². The smallest absolute Gasteiger partial charge is 0.293 e. The van der Waals surface area contributed by atoms with Crippen molar-refractivity contribution in [3.63, 3.8) is 0 Å². The van der Waals surface area contributed by atoms with E-state index >= 15 is 0 Å². The first-order valence-corrected chi connectivity index (χ1v) is 7.72. The maximum atomic E-state index is 11.3. The fraction of sp³-hybridized carbons (Fsp3) is 0.375. The summed E-state index contributed by atoms with van der Waals surface area (Å²) >= 11 is 0. The molecule has 2 rings (SSSR count). The van der Waals surface area contributed by atoms with E-state index < -0.39 is 0 Å². The van der Waals surface area contributed by atoms with Crippen molar-refractivity contribution in [2.45, 2.75) is 25.7 Å². The number of nitrogens with one attached hydrogen (secondary N) is 1. The van der Waals surface area contributed by atoms with Crippen LogP contribution in [0.5, 0.6) is 0 Å². The minimum absolute atomic E-state index is 0.0388. The van der Waals surface area contributed by atoms with E-state index in [1.807, 2.05) is 0 Å².